The minimum Gasteiger partial charge on any atom is -0.496 e. The van der Waals surface area contributed by atoms with Crippen LogP contribution in [-0.4, -0.2) is 29.0 Å². The maximum Gasteiger partial charge on any atom is 0.268 e. The number of nitrogens with two attached hydrogens (primary N) is 1. The lowest BCUT2D eigenvalue weighted by Crippen LogP contribution is -2.15. The summed E-state index contributed by atoms with van der Waals surface area (Å²) in [5.74, 6) is 1.42. The van der Waals surface area contributed by atoms with Crippen molar-refractivity contribution in [2.75, 3.05) is 13.7 Å². The molecule has 86 valence electrons. The molecule has 2 rings (SSSR count). The van der Waals surface area contributed by atoms with E-state index in [0.29, 0.717) is 11.7 Å². The summed E-state index contributed by atoms with van der Waals surface area (Å²) in [5, 5.41) is 14.4. The minimum absolute atomic E-state index is 0.216. The Labute approximate surface area is 95.7 Å². The van der Waals surface area contributed by atoms with E-state index in [1.54, 1.807) is 13.2 Å². The Hall–Kier alpha value is -1.44. The molecule has 7 heteroatoms. The fraction of sp³-hybridized carbons (Fsp3) is 0.333. The number of aliphatic hydroxyl groups is 1. The Kier molecular flexibility index (Phi) is 3.18. The molecule has 0 fully saturated rings. The van der Waals surface area contributed by atoms with Crippen molar-refractivity contribution < 1.29 is 14.4 Å². The fourth-order valence-electron chi connectivity index (χ4n) is 1.11. The lowest BCUT2D eigenvalue weighted by molar-refractivity contribution is 0.260. The molecule has 0 saturated heterocycles. The van der Waals surface area contributed by atoms with E-state index in [2.05, 4.69) is 10.1 Å². The fourth-order valence-corrected chi connectivity index (χ4v) is 1.88. The number of rotatable bonds is 4. The Balaban J connectivity index is 2.24. The smallest absolute Gasteiger partial charge is 0.268 e. The van der Waals surface area contributed by atoms with E-state index in [-0.39, 0.29) is 6.61 Å². The highest BCUT2D eigenvalue weighted by Gasteiger charge is 2.15. The predicted molar refractivity (Wildman–Crippen MR) is 58.2 cm³/mol. The van der Waals surface area contributed by atoms with E-state index in [4.69, 9.17) is 20.1 Å². The first-order chi connectivity index (χ1) is 7.74. The largest absolute Gasteiger partial charge is 0.496 e. The topological polar surface area (TPSA) is 94.4 Å². The van der Waals surface area contributed by atoms with E-state index in [1.165, 1.54) is 11.3 Å². The number of hydrogen-bond acceptors (Lipinski definition) is 7. The summed E-state index contributed by atoms with van der Waals surface area (Å²) in [5.41, 5.74) is 5.56. The molecule has 0 spiro atoms. The van der Waals surface area contributed by atoms with Crippen molar-refractivity contribution in [2.24, 2.45) is 5.73 Å². The van der Waals surface area contributed by atoms with Gasteiger partial charge in [-0.1, -0.05) is 5.16 Å². The van der Waals surface area contributed by atoms with Crippen LogP contribution in [0.25, 0.3) is 10.8 Å². The lowest BCUT2D eigenvalue weighted by Gasteiger charge is -1.98. The lowest BCUT2D eigenvalue weighted by atomic mass is 10.3. The Morgan fingerprint density at radius 3 is 3.12 bits per heavy atom. The Morgan fingerprint density at radius 1 is 1.69 bits per heavy atom. The first-order valence-electron chi connectivity index (χ1n) is 4.57. The van der Waals surface area contributed by atoms with Gasteiger partial charge in [0.15, 0.2) is 5.82 Å². The second-order valence-electron chi connectivity index (χ2n) is 3.10. The average Bonchev–Trinajstić information content (AvgIpc) is 2.95. The molecule has 0 aliphatic rings. The highest BCUT2D eigenvalue weighted by atomic mass is 32.1. The van der Waals surface area contributed by atoms with Crippen LogP contribution in [0.5, 0.6) is 5.75 Å². The van der Waals surface area contributed by atoms with E-state index < -0.39 is 6.04 Å². The van der Waals surface area contributed by atoms with Crippen LogP contribution in [0.3, 0.4) is 0 Å². The molecule has 6 nitrogen and oxygen atoms in total. The molecular weight excluding hydrogens is 230 g/mol. The van der Waals surface area contributed by atoms with Crippen LogP contribution >= 0.6 is 11.3 Å². The van der Waals surface area contributed by atoms with Gasteiger partial charge in [-0.3, -0.25) is 0 Å². The van der Waals surface area contributed by atoms with Crippen LogP contribution in [0.4, 0.5) is 0 Å². The quantitative estimate of drug-likeness (QED) is 0.822. The maximum atomic E-state index is 8.85. The van der Waals surface area contributed by atoms with Gasteiger partial charge in [-0.15, -0.1) is 11.3 Å². The summed E-state index contributed by atoms with van der Waals surface area (Å²) in [6, 6.07) is 1.19. The van der Waals surface area contributed by atoms with Gasteiger partial charge < -0.3 is 20.1 Å². The van der Waals surface area contributed by atoms with Crippen molar-refractivity contribution in [1.82, 2.24) is 10.1 Å². The summed E-state index contributed by atoms with van der Waals surface area (Å²) in [6.45, 7) is -0.216. The molecule has 0 radical (unpaired) electrons. The zero-order chi connectivity index (χ0) is 11.5. The summed E-state index contributed by atoms with van der Waals surface area (Å²) in [7, 11) is 1.59. The third-order valence-corrected chi connectivity index (χ3v) is 2.89. The van der Waals surface area contributed by atoms with Gasteiger partial charge in [0.05, 0.1) is 24.6 Å². The van der Waals surface area contributed by atoms with E-state index in [1.807, 2.05) is 5.38 Å². The maximum absolute atomic E-state index is 8.85. The number of thiophene rings is 1. The number of methoxy groups -OCH3 is 1. The number of aliphatic hydroxyl groups excluding tert-OH is 1. The molecule has 0 bridgehead atoms. The van der Waals surface area contributed by atoms with Crippen molar-refractivity contribution in [1.29, 1.82) is 0 Å². The Morgan fingerprint density at radius 2 is 2.50 bits per heavy atom. The number of nitrogens with zero attached hydrogens (tertiary/aromatic N) is 2. The van der Waals surface area contributed by atoms with Crippen molar-refractivity contribution in [3.05, 3.63) is 17.3 Å². The van der Waals surface area contributed by atoms with Gasteiger partial charge in [-0.25, -0.2) is 0 Å². The summed E-state index contributed by atoms with van der Waals surface area (Å²) in [6.07, 6.45) is 0. The van der Waals surface area contributed by atoms with E-state index >= 15 is 0 Å². The van der Waals surface area contributed by atoms with Crippen LogP contribution < -0.4 is 10.5 Å². The Bertz CT molecular complexity index is 468. The predicted octanol–water partition coefficient (Wildman–Crippen LogP) is 0.799. The average molecular weight is 241 g/mol. The van der Waals surface area contributed by atoms with Crippen molar-refractivity contribution in [2.45, 2.75) is 6.04 Å². The summed E-state index contributed by atoms with van der Waals surface area (Å²) < 4.78 is 10.1. The van der Waals surface area contributed by atoms with Crippen LogP contribution in [0.15, 0.2) is 16.0 Å². The number of ether oxygens (including phenoxy) is 1. The third kappa shape index (κ3) is 2.06. The summed E-state index contributed by atoms with van der Waals surface area (Å²) >= 11 is 1.44. The zero-order valence-electron chi connectivity index (χ0n) is 8.58. The van der Waals surface area contributed by atoms with Crippen LogP contribution in [0, 0.1) is 0 Å². The van der Waals surface area contributed by atoms with Gasteiger partial charge in [-0.05, 0) is 0 Å². The van der Waals surface area contributed by atoms with Gasteiger partial charge >= 0.3 is 0 Å². The molecule has 0 saturated carbocycles. The van der Waals surface area contributed by atoms with Gasteiger partial charge in [0.2, 0.25) is 0 Å². The second-order valence-corrected chi connectivity index (χ2v) is 4.01. The molecule has 0 aliphatic carbocycles. The molecule has 1 atom stereocenters. The van der Waals surface area contributed by atoms with E-state index in [0.717, 1.165) is 10.6 Å². The molecule has 3 N–H and O–H groups in total. The first-order valence-corrected chi connectivity index (χ1v) is 5.45. The minimum atomic E-state index is -0.612. The molecule has 0 aliphatic heterocycles. The molecule has 0 amide bonds. The van der Waals surface area contributed by atoms with Gasteiger partial charge in [0, 0.05) is 11.4 Å². The van der Waals surface area contributed by atoms with Crippen LogP contribution in [0.1, 0.15) is 11.9 Å². The molecule has 2 aromatic rings. The zero-order valence-corrected chi connectivity index (χ0v) is 9.40. The molecular formula is C9H11N3O3S. The normalized spacial score (nSPS) is 12.7. The number of hydrogen-bond donors (Lipinski definition) is 2. The van der Waals surface area contributed by atoms with Crippen LogP contribution in [-0.2, 0) is 0 Å². The molecule has 1 unspecified atom stereocenters. The van der Waals surface area contributed by atoms with Gasteiger partial charge in [0.25, 0.3) is 5.89 Å². The van der Waals surface area contributed by atoms with Crippen molar-refractivity contribution >= 4 is 11.3 Å². The van der Waals surface area contributed by atoms with Crippen molar-refractivity contribution in [3.63, 3.8) is 0 Å². The molecule has 2 heterocycles. The first kappa shape index (κ1) is 11.1. The van der Waals surface area contributed by atoms with Gasteiger partial charge in [-0.2, -0.15) is 4.98 Å². The molecule has 16 heavy (non-hydrogen) atoms. The SMILES string of the molecule is COc1csc(-c2nc(C(N)CO)no2)c1. The highest BCUT2D eigenvalue weighted by molar-refractivity contribution is 7.13. The van der Waals surface area contributed by atoms with Gasteiger partial charge in [0.1, 0.15) is 5.75 Å². The highest BCUT2D eigenvalue weighted by Crippen LogP contribution is 2.30. The number of aromatic nitrogens is 2. The molecule has 2 aromatic heterocycles. The van der Waals surface area contributed by atoms with Crippen LogP contribution in [0.2, 0.25) is 0 Å². The van der Waals surface area contributed by atoms with Crippen molar-refractivity contribution in [3.8, 4) is 16.5 Å². The second kappa shape index (κ2) is 4.60. The standard InChI is InChI=1S/C9H11N3O3S/c1-14-5-2-7(16-4-5)9-11-8(12-15-9)6(10)3-13/h2,4,6,13H,3,10H2,1H3. The third-order valence-electron chi connectivity index (χ3n) is 1.99. The monoisotopic (exact) mass is 241 g/mol. The summed E-state index contributed by atoms with van der Waals surface area (Å²) in [4.78, 5) is 4.90. The van der Waals surface area contributed by atoms with E-state index in [9.17, 15) is 0 Å². The molecule has 0 aromatic carbocycles.